The summed E-state index contributed by atoms with van der Waals surface area (Å²) in [5, 5.41) is 16.4. The van der Waals surface area contributed by atoms with Crippen LogP contribution in [0.2, 0.25) is 0 Å². The molecular formula is C15H18N6O2S. The number of aromatic nitrogens is 5. The van der Waals surface area contributed by atoms with E-state index in [1.54, 1.807) is 6.92 Å². The third-order valence-electron chi connectivity index (χ3n) is 3.31. The first-order valence-corrected chi connectivity index (χ1v) is 8.32. The van der Waals surface area contributed by atoms with Crippen molar-refractivity contribution in [1.82, 2.24) is 25.1 Å². The summed E-state index contributed by atoms with van der Waals surface area (Å²) in [7, 11) is 0. The maximum atomic E-state index is 6.02. The van der Waals surface area contributed by atoms with Gasteiger partial charge >= 0.3 is 0 Å². The molecule has 0 bridgehead atoms. The topological polar surface area (TPSA) is 105 Å². The van der Waals surface area contributed by atoms with Crippen LogP contribution < -0.4 is 10.6 Å². The van der Waals surface area contributed by atoms with Crippen LogP contribution >= 0.6 is 11.8 Å². The Labute approximate surface area is 143 Å². The van der Waals surface area contributed by atoms with E-state index in [1.807, 2.05) is 26.0 Å². The normalized spacial score (nSPS) is 11.0. The second-order valence-electron chi connectivity index (χ2n) is 5.33. The molecule has 3 rings (SSSR count). The Morgan fingerprint density at radius 2 is 2.00 bits per heavy atom. The number of nitrogens with two attached hydrogens (primary N) is 1. The van der Waals surface area contributed by atoms with Crippen LogP contribution in [0.4, 0.5) is 0 Å². The molecule has 1 aromatic carbocycles. The average molecular weight is 346 g/mol. The first kappa shape index (κ1) is 16.3. The average Bonchev–Trinajstić information content (AvgIpc) is 3.11. The van der Waals surface area contributed by atoms with Gasteiger partial charge in [0.2, 0.25) is 16.9 Å². The van der Waals surface area contributed by atoms with Crippen LogP contribution in [0.5, 0.6) is 5.75 Å². The Balaban J connectivity index is 1.62. The summed E-state index contributed by atoms with van der Waals surface area (Å²) in [6.07, 6.45) is 0. The van der Waals surface area contributed by atoms with Crippen molar-refractivity contribution in [3.8, 4) is 5.75 Å². The zero-order valence-corrected chi connectivity index (χ0v) is 14.5. The highest BCUT2D eigenvalue weighted by Crippen LogP contribution is 2.22. The smallest absolute Gasteiger partial charge is 0.226 e. The lowest BCUT2D eigenvalue weighted by Gasteiger charge is -2.09. The highest BCUT2D eigenvalue weighted by atomic mass is 32.2. The molecule has 0 aliphatic rings. The summed E-state index contributed by atoms with van der Waals surface area (Å²) < 4.78 is 12.5. The van der Waals surface area contributed by atoms with Gasteiger partial charge in [-0.05, 0) is 25.5 Å². The Hall–Kier alpha value is -2.55. The van der Waals surface area contributed by atoms with Gasteiger partial charge < -0.3 is 15.0 Å². The number of nitrogens with zero attached hydrogens (tertiary/aromatic N) is 5. The number of rotatable bonds is 6. The van der Waals surface area contributed by atoms with Crippen molar-refractivity contribution in [2.45, 2.75) is 38.3 Å². The molecule has 0 saturated carbocycles. The highest BCUT2D eigenvalue weighted by molar-refractivity contribution is 7.98. The van der Waals surface area contributed by atoms with Gasteiger partial charge in [0.15, 0.2) is 5.82 Å². The number of ether oxygens (including phenoxy) is 1. The molecule has 0 spiro atoms. The molecule has 24 heavy (non-hydrogen) atoms. The van der Waals surface area contributed by atoms with Gasteiger partial charge in [-0.15, -0.1) is 20.4 Å². The molecule has 2 heterocycles. The quantitative estimate of drug-likeness (QED) is 0.535. The van der Waals surface area contributed by atoms with Crippen molar-refractivity contribution >= 4 is 11.8 Å². The predicted octanol–water partition coefficient (Wildman–Crippen LogP) is 2.17. The Kier molecular flexibility index (Phi) is 4.70. The highest BCUT2D eigenvalue weighted by Gasteiger charge is 2.13. The van der Waals surface area contributed by atoms with E-state index in [2.05, 4.69) is 26.5 Å². The molecule has 0 atom stereocenters. The van der Waals surface area contributed by atoms with Crippen molar-refractivity contribution in [2.75, 3.05) is 5.84 Å². The Bertz CT molecular complexity index is 844. The number of hydrogen-bond donors (Lipinski definition) is 1. The molecule has 0 radical (unpaired) electrons. The van der Waals surface area contributed by atoms with Gasteiger partial charge in [-0.3, -0.25) is 0 Å². The molecule has 2 N–H and O–H groups in total. The molecular weight excluding hydrogens is 328 g/mol. The van der Waals surface area contributed by atoms with E-state index in [1.165, 1.54) is 22.0 Å². The maximum Gasteiger partial charge on any atom is 0.226 e. The summed E-state index contributed by atoms with van der Waals surface area (Å²) in [5.41, 5.74) is 2.26. The minimum Gasteiger partial charge on any atom is -0.485 e. The zero-order chi connectivity index (χ0) is 17.1. The summed E-state index contributed by atoms with van der Waals surface area (Å²) in [5.74, 6) is 8.90. The van der Waals surface area contributed by atoms with Gasteiger partial charge in [-0.25, -0.2) is 4.68 Å². The fourth-order valence-corrected chi connectivity index (χ4v) is 2.84. The molecule has 3 aromatic rings. The molecule has 0 unspecified atom stereocenters. The van der Waals surface area contributed by atoms with Crippen LogP contribution in [-0.2, 0) is 12.4 Å². The second-order valence-corrected chi connectivity index (χ2v) is 6.27. The van der Waals surface area contributed by atoms with Crippen molar-refractivity contribution in [3.63, 3.8) is 0 Å². The van der Waals surface area contributed by atoms with Gasteiger partial charge in [0.1, 0.15) is 12.4 Å². The van der Waals surface area contributed by atoms with Gasteiger partial charge in [0.25, 0.3) is 0 Å². The monoisotopic (exact) mass is 346 g/mol. The fraction of sp³-hybridized carbons (Fsp3) is 0.333. The van der Waals surface area contributed by atoms with E-state index >= 15 is 0 Å². The molecule has 0 amide bonds. The van der Waals surface area contributed by atoms with Crippen LogP contribution in [0, 0.1) is 20.8 Å². The van der Waals surface area contributed by atoms with Crippen LogP contribution in [0.25, 0.3) is 0 Å². The molecule has 0 fully saturated rings. The molecule has 126 valence electrons. The molecule has 0 aliphatic carbocycles. The number of nitrogen functional groups attached to an aromatic ring is 1. The lowest BCUT2D eigenvalue weighted by Crippen LogP contribution is -2.16. The minimum absolute atomic E-state index is 0.244. The first-order valence-electron chi connectivity index (χ1n) is 7.34. The van der Waals surface area contributed by atoms with E-state index in [0.717, 1.165) is 11.3 Å². The SMILES string of the molecule is Cc1ccc(OCc2nnc(SCc3nnc(C)o3)n2N)c(C)c1. The number of hydrogen-bond acceptors (Lipinski definition) is 8. The molecule has 0 aliphatic heterocycles. The summed E-state index contributed by atoms with van der Waals surface area (Å²) in [6.45, 7) is 6.04. The third-order valence-corrected chi connectivity index (χ3v) is 4.24. The fourth-order valence-electron chi connectivity index (χ4n) is 2.13. The standard InChI is InChI=1S/C15H18N6O2S/c1-9-4-5-12(10(2)6-9)22-7-13-18-20-15(21(13)16)24-8-14-19-17-11(3)23-14/h4-6H,7-8,16H2,1-3H3. The molecule has 9 heteroatoms. The van der Waals surface area contributed by atoms with E-state index in [4.69, 9.17) is 15.0 Å². The molecule has 0 saturated heterocycles. The minimum atomic E-state index is 0.244. The van der Waals surface area contributed by atoms with Gasteiger partial charge in [-0.2, -0.15) is 0 Å². The first-order chi connectivity index (χ1) is 11.5. The number of thioether (sulfide) groups is 1. The van der Waals surface area contributed by atoms with Crippen molar-refractivity contribution in [2.24, 2.45) is 0 Å². The van der Waals surface area contributed by atoms with Crippen LogP contribution in [-0.4, -0.2) is 25.1 Å². The third kappa shape index (κ3) is 3.67. The summed E-state index contributed by atoms with van der Waals surface area (Å²) in [4.78, 5) is 0. The Morgan fingerprint density at radius 1 is 1.17 bits per heavy atom. The zero-order valence-electron chi connectivity index (χ0n) is 13.7. The second kappa shape index (κ2) is 6.91. The van der Waals surface area contributed by atoms with E-state index in [-0.39, 0.29) is 6.61 Å². The summed E-state index contributed by atoms with van der Waals surface area (Å²) >= 11 is 1.37. The van der Waals surface area contributed by atoms with E-state index in [0.29, 0.717) is 28.5 Å². The predicted molar refractivity (Wildman–Crippen MR) is 89.0 cm³/mol. The van der Waals surface area contributed by atoms with E-state index in [9.17, 15) is 0 Å². The number of aryl methyl sites for hydroxylation is 3. The number of benzene rings is 1. The van der Waals surface area contributed by atoms with Crippen molar-refractivity contribution in [1.29, 1.82) is 0 Å². The van der Waals surface area contributed by atoms with Crippen molar-refractivity contribution in [3.05, 3.63) is 46.9 Å². The Morgan fingerprint density at radius 3 is 2.71 bits per heavy atom. The molecule has 8 nitrogen and oxygen atoms in total. The molecule has 2 aromatic heterocycles. The van der Waals surface area contributed by atoms with Gasteiger partial charge in [0.05, 0.1) is 5.75 Å². The maximum absolute atomic E-state index is 6.02. The largest absolute Gasteiger partial charge is 0.485 e. The van der Waals surface area contributed by atoms with Crippen LogP contribution in [0.1, 0.15) is 28.7 Å². The van der Waals surface area contributed by atoms with E-state index < -0.39 is 0 Å². The lowest BCUT2D eigenvalue weighted by molar-refractivity contribution is 0.289. The van der Waals surface area contributed by atoms with Gasteiger partial charge in [-0.1, -0.05) is 29.5 Å². The summed E-state index contributed by atoms with van der Waals surface area (Å²) in [6, 6.07) is 6.01. The van der Waals surface area contributed by atoms with Crippen LogP contribution in [0.15, 0.2) is 27.8 Å². The van der Waals surface area contributed by atoms with Crippen molar-refractivity contribution < 1.29 is 9.15 Å². The van der Waals surface area contributed by atoms with Crippen LogP contribution in [0.3, 0.4) is 0 Å². The lowest BCUT2D eigenvalue weighted by atomic mass is 10.1. The van der Waals surface area contributed by atoms with Gasteiger partial charge in [0, 0.05) is 6.92 Å².